The number of benzene rings is 5. The van der Waals surface area contributed by atoms with Crippen LogP contribution < -0.4 is 10.6 Å². The van der Waals surface area contributed by atoms with Crippen LogP contribution in [0.3, 0.4) is 0 Å². The molecule has 450 valence electrons. The van der Waals surface area contributed by atoms with Gasteiger partial charge in [-0.15, -0.1) is 11.8 Å². The summed E-state index contributed by atoms with van der Waals surface area (Å²) in [4.78, 5) is 70.4. The molecule has 3 aliphatic rings. The van der Waals surface area contributed by atoms with E-state index in [1.165, 1.54) is 18.9 Å². The third kappa shape index (κ3) is 17.2. The predicted octanol–water partition coefficient (Wildman–Crippen LogP) is 6.28. The van der Waals surface area contributed by atoms with Gasteiger partial charge in [0.2, 0.25) is 5.91 Å². The van der Waals surface area contributed by atoms with E-state index in [2.05, 4.69) is 10.6 Å². The van der Waals surface area contributed by atoms with Gasteiger partial charge in [0.25, 0.3) is 0 Å². The normalized spacial score (nSPS) is 23.7. The van der Waals surface area contributed by atoms with Crippen LogP contribution in [0.5, 0.6) is 0 Å². The fourth-order valence-electron chi connectivity index (χ4n) is 10.1. The number of hydrogen-bond acceptors (Lipinski definition) is 19. The fourth-order valence-corrected chi connectivity index (χ4v) is 11.0. The van der Waals surface area contributed by atoms with E-state index < -0.39 is 134 Å². The van der Waals surface area contributed by atoms with E-state index in [0.29, 0.717) is 5.75 Å². The molecule has 8 rings (SSSR count). The Bertz CT molecular complexity index is 2890. The van der Waals surface area contributed by atoms with E-state index in [0.717, 1.165) is 38.9 Å². The Kier molecular flexibility index (Phi) is 22.9. The number of carbonyl (C=O) groups is 5. The lowest BCUT2D eigenvalue weighted by molar-refractivity contribution is -0.295. The Morgan fingerprint density at radius 1 is 0.560 bits per heavy atom. The number of aliphatic hydroxyl groups excluding tert-OH is 3. The third-order valence-corrected chi connectivity index (χ3v) is 15.2. The second kappa shape index (κ2) is 30.4. The minimum atomic E-state index is -1.79. The summed E-state index contributed by atoms with van der Waals surface area (Å²) in [7, 11) is 1.20. The zero-order chi connectivity index (χ0) is 59.8. The quantitative estimate of drug-likeness (QED) is 0.0302. The van der Waals surface area contributed by atoms with Crippen LogP contribution >= 0.6 is 11.8 Å². The van der Waals surface area contributed by atoms with E-state index in [1.54, 1.807) is 20.8 Å². The average Bonchev–Trinajstić information content (AvgIpc) is 3.09. The summed E-state index contributed by atoms with van der Waals surface area (Å²) in [5.41, 5.74) is 4.70. The van der Waals surface area contributed by atoms with Gasteiger partial charge in [-0.3, -0.25) is 14.4 Å². The molecular formula is C63H74N2O18S. The second-order valence-electron chi connectivity index (χ2n) is 21.4. The number of ether oxygens (including phenoxy) is 10. The Hall–Kier alpha value is -6.76. The molecule has 2 fully saturated rings. The Morgan fingerprint density at radius 2 is 1.05 bits per heavy atom. The molecule has 0 bridgehead atoms. The van der Waals surface area contributed by atoms with Gasteiger partial charge in [0.1, 0.15) is 91.8 Å². The van der Waals surface area contributed by atoms with Gasteiger partial charge in [-0.2, -0.15) is 0 Å². The first-order valence-corrected chi connectivity index (χ1v) is 29.0. The maximum atomic E-state index is 14.6. The molecule has 0 aromatic heterocycles. The molecule has 2 saturated heterocycles. The number of alkyl carbamates (subject to hydrolysis) is 1. The smallest absolute Gasteiger partial charge is 0.407 e. The van der Waals surface area contributed by atoms with Crippen LogP contribution in [-0.2, 0) is 86.4 Å². The van der Waals surface area contributed by atoms with Crippen LogP contribution in [0.25, 0.3) is 11.1 Å². The van der Waals surface area contributed by atoms with Crippen LogP contribution in [0.15, 0.2) is 140 Å². The van der Waals surface area contributed by atoms with Crippen molar-refractivity contribution in [2.45, 2.75) is 145 Å². The van der Waals surface area contributed by atoms with Gasteiger partial charge in [0, 0.05) is 13.0 Å². The summed E-state index contributed by atoms with van der Waals surface area (Å²) in [6.07, 6.45) is -13.9. The summed E-state index contributed by atoms with van der Waals surface area (Å²) in [5.74, 6) is -4.02. The highest BCUT2D eigenvalue weighted by atomic mass is 32.2. The molecule has 20 nitrogen and oxygen atoms in total. The Labute approximate surface area is 492 Å². The molecule has 5 aromatic rings. The van der Waals surface area contributed by atoms with Gasteiger partial charge < -0.3 is 73.3 Å². The van der Waals surface area contributed by atoms with E-state index in [-0.39, 0.29) is 32.3 Å². The lowest BCUT2D eigenvalue weighted by Gasteiger charge is -2.45. The largest absolute Gasteiger partial charge is 0.463 e. The van der Waals surface area contributed by atoms with Crippen molar-refractivity contribution in [2.75, 3.05) is 32.7 Å². The monoisotopic (exact) mass is 1180 g/mol. The number of thioether (sulfide) groups is 1. The van der Waals surface area contributed by atoms with Crippen molar-refractivity contribution < 1.29 is 86.7 Å². The zero-order valence-corrected chi connectivity index (χ0v) is 48.3. The van der Waals surface area contributed by atoms with Crippen molar-refractivity contribution in [1.29, 1.82) is 0 Å². The highest BCUT2D eigenvalue weighted by Crippen LogP contribution is 2.44. The molecule has 5 N–H and O–H groups in total. The van der Waals surface area contributed by atoms with E-state index >= 15 is 0 Å². The van der Waals surface area contributed by atoms with Crippen LogP contribution in [0.1, 0.15) is 74.3 Å². The number of rotatable bonds is 26. The summed E-state index contributed by atoms with van der Waals surface area (Å²) < 4.78 is 60.3. The topological polar surface area (TPSA) is 262 Å². The number of esters is 3. The van der Waals surface area contributed by atoms with E-state index in [4.69, 9.17) is 47.4 Å². The van der Waals surface area contributed by atoms with Crippen LogP contribution in [0, 0.1) is 0 Å². The molecule has 2 aliphatic heterocycles. The number of carbonyl (C=O) groups excluding carboxylic acids is 5. The zero-order valence-electron chi connectivity index (χ0n) is 47.5. The van der Waals surface area contributed by atoms with Crippen molar-refractivity contribution >= 4 is 41.7 Å². The molecule has 2 amide bonds. The standard InChI is InChI=1S/C63H74N2O18S/c1-6-84-61-57(79-34-40-24-14-9-15-25-40)56(78-33-39-22-12-8-13-23-39)55(77-32-38-20-10-7-11-21-38)49(82-61)37-76-50(66)30-46(65-62(73)80-35-45-43-28-18-16-26-41(43)42-27-17-19-29-44(42)45)58(71)64-47(59(72)83-63(2,3)4)31-51(67)75-36-48-52(68)53(69)54(70)60(74-5)81-48/h7-29,45-49,52-57,60-61,68-70H,6,30-37H2,1-5H3,(H,64,71)(H,65,73)/t46-,47-,48+,49+,52+,53-,54-,55+,56-,57-,60-,61+/m0/s1. The first-order valence-electron chi connectivity index (χ1n) is 27.9. The molecule has 2 heterocycles. The second-order valence-corrected chi connectivity index (χ2v) is 22.8. The Balaban J connectivity index is 1.03. The summed E-state index contributed by atoms with van der Waals surface area (Å²) >= 11 is 1.48. The molecule has 0 radical (unpaired) electrons. The van der Waals surface area contributed by atoms with Gasteiger partial charge in [0.15, 0.2) is 6.29 Å². The molecule has 84 heavy (non-hydrogen) atoms. The van der Waals surface area contributed by atoms with E-state index in [1.807, 2.05) is 146 Å². The van der Waals surface area contributed by atoms with Crippen LogP contribution in [0.2, 0.25) is 0 Å². The number of fused-ring (bicyclic) bond motifs is 3. The summed E-state index contributed by atoms with van der Waals surface area (Å²) in [5, 5.41) is 36.1. The lowest BCUT2D eigenvalue weighted by atomic mass is 9.98. The number of nitrogens with one attached hydrogen (secondary N) is 2. The van der Waals surface area contributed by atoms with Gasteiger partial charge in [-0.05, 0) is 65.5 Å². The van der Waals surface area contributed by atoms with Crippen molar-refractivity contribution in [1.82, 2.24) is 10.6 Å². The summed E-state index contributed by atoms with van der Waals surface area (Å²) in [6.45, 7) is 5.98. The first kappa shape index (κ1) is 63.3. The minimum absolute atomic E-state index is 0.123. The molecule has 12 atom stereocenters. The number of hydrogen-bond donors (Lipinski definition) is 5. The molecule has 1 aliphatic carbocycles. The highest BCUT2D eigenvalue weighted by Gasteiger charge is 2.49. The number of methoxy groups -OCH3 is 1. The minimum Gasteiger partial charge on any atom is -0.463 e. The van der Waals surface area contributed by atoms with Crippen LogP contribution in [-0.4, -0.2) is 156 Å². The van der Waals surface area contributed by atoms with Crippen molar-refractivity contribution in [3.8, 4) is 11.1 Å². The number of amides is 2. The van der Waals surface area contributed by atoms with E-state index in [9.17, 15) is 39.3 Å². The molecule has 0 saturated carbocycles. The van der Waals surface area contributed by atoms with Crippen molar-refractivity contribution in [3.05, 3.63) is 167 Å². The summed E-state index contributed by atoms with van der Waals surface area (Å²) in [6, 6.07) is 40.7. The molecule has 0 spiro atoms. The predicted molar refractivity (Wildman–Crippen MR) is 306 cm³/mol. The maximum absolute atomic E-state index is 14.6. The van der Waals surface area contributed by atoms with Gasteiger partial charge >= 0.3 is 24.0 Å². The van der Waals surface area contributed by atoms with Crippen molar-refractivity contribution in [3.63, 3.8) is 0 Å². The maximum Gasteiger partial charge on any atom is 0.407 e. The van der Waals surface area contributed by atoms with Crippen molar-refractivity contribution in [2.24, 2.45) is 0 Å². The number of aliphatic hydroxyl groups is 3. The lowest BCUT2D eigenvalue weighted by Crippen LogP contribution is -2.60. The van der Waals surface area contributed by atoms with Gasteiger partial charge in [-0.1, -0.05) is 146 Å². The van der Waals surface area contributed by atoms with Crippen LogP contribution in [0.4, 0.5) is 4.79 Å². The first-order chi connectivity index (χ1) is 40.5. The molecule has 21 heteroatoms. The average molecular weight is 1180 g/mol. The molecular weight excluding hydrogens is 1100 g/mol. The molecule has 0 unspecified atom stereocenters. The molecule has 5 aromatic carbocycles. The fraction of sp³-hybridized carbons (Fsp3) is 0.444. The van der Waals surface area contributed by atoms with Gasteiger partial charge in [-0.25, -0.2) is 9.59 Å². The third-order valence-electron chi connectivity index (χ3n) is 14.2. The Morgan fingerprint density at radius 3 is 1.57 bits per heavy atom. The SMILES string of the molecule is CCS[C@H]1O[C@H](COC(=O)C[C@H](NC(=O)OCC2c3ccccc3-c3ccccc32)C(=O)N[C@@H](CC(=O)OC[C@H]2O[C@H](OC)[C@@H](O)[C@@H](O)[C@@H]2O)C(=O)OC(C)(C)C)[C@@H](OCc2ccccc2)[C@H](OCc2ccccc2)[C@@H]1OCc1ccccc1. The van der Waals surface area contributed by atoms with Gasteiger partial charge in [0.05, 0.1) is 32.7 Å². The highest BCUT2D eigenvalue weighted by molar-refractivity contribution is 7.99.